The maximum Gasteiger partial charge on any atom is 0.269 e. The third kappa shape index (κ3) is 5.52. The number of carbonyl (C=O) groups excluding carboxylic acids is 1. The molecule has 26 heavy (non-hydrogen) atoms. The van der Waals surface area contributed by atoms with Crippen molar-refractivity contribution >= 4 is 34.6 Å². The number of rotatable bonds is 7. The molecule has 0 spiro atoms. The predicted octanol–water partition coefficient (Wildman–Crippen LogP) is 3.90. The van der Waals surface area contributed by atoms with Crippen LogP contribution in [0.4, 0.5) is 11.4 Å². The Balaban J connectivity index is 1.98. The number of amides is 1. The number of para-hydroxylation sites is 1. The lowest BCUT2D eigenvalue weighted by Crippen LogP contribution is -2.34. The molecule has 0 aliphatic heterocycles. The van der Waals surface area contributed by atoms with Crippen LogP contribution in [0.15, 0.2) is 48.5 Å². The Hall–Kier alpha value is -3.00. The second kappa shape index (κ2) is 9.47. The van der Waals surface area contributed by atoms with E-state index in [9.17, 15) is 14.9 Å². The van der Waals surface area contributed by atoms with Crippen LogP contribution in [0.25, 0.3) is 0 Å². The third-order valence-electron chi connectivity index (χ3n) is 3.45. The SMILES string of the molecule is CCCCOc1ccccc1C(=O)NC(=S)Nc1ccc([N+](=O)[O-])cc1. The zero-order valence-electron chi connectivity index (χ0n) is 14.2. The van der Waals surface area contributed by atoms with Crippen LogP contribution in [-0.2, 0) is 0 Å². The van der Waals surface area contributed by atoms with E-state index in [4.69, 9.17) is 17.0 Å². The van der Waals surface area contributed by atoms with Crippen LogP contribution in [0.3, 0.4) is 0 Å². The van der Waals surface area contributed by atoms with Gasteiger partial charge < -0.3 is 10.1 Å². The number of nitrogens with one attached hydrogen (secondary N) is 2. The minimum atomic E-state index is -0.487. The second-order valence-electron chi connectivity index (χ2n) is 5.41. The Bertz CT molecular complexity index is 793. The number of nitro groups is 1. The maximum absolute atomic E-state index is 12.4. The van der Waals surface area contributed by atoms with Gasteiger partial charge in [0.05, 0.1) is 17.1 Å². The zero-order chi connectivity index (χ0) is 18.9. The van der Waals surface area contributed by atoms with Crippen molar-refractivity contribution in [1.82, 2.24) is 5.32 Å². The Kier molecular flexibility index (Phi) is 7.04. The van der Waals surface area contributed by atoms with Gasteiger partial charge in [0, 0.05) is 17.8 Å². The Morgan fingerprint density at radius 2 is 1.88 bits per heavy atom. The number of hydrogen-bond donors (Lipinski definition) is 2. The lowest BCUT2D eigenvalue weighted by atomic mass is 10.2. The first-order chi connectivity index (χ1) is 12.5. The van der Waals surface area contributed by atoms with E-state index in [2.05, 4.69) is 17.6 Å². The lowest BCUT2D eigenvalue weighted by molar-refractivity contribution is -0.384. The molecule has 2 aromatic rings. The normalized spacial score (nSPS) is 10.0. The molecule has 0 saturated carbocycles. The standard InChI is InChI=1S/C18H19N3O4S/c1-2-3-12-25-16-7-5-4-6-15(16)17(22)20-18(26)19-13-8-10-14(11-9-13)21(23)24/h4-11H,2-3,12H2,1H3,(H2,19,20,22,26). The fraction of sp³-hybridized carbons (Fsp3) is 0.222. The van der Waals surface area contributed by atoms with Gasteiger partial charge in [0.15, 0.2) is 5.11 Å². The summed E-state index contributed by atoms with van der Waals surface area (Å²) < 4.78 is 5.65. The van der Waals surface area contributed by atoms with Gasteiger partial charge in [-0.2, -0.15) is 0 Å². The number of non-ortho nitro benzene ring substituents is 1. The monoisotopic (exact) mass is 373 g/mol. The first kappa shape index (κ1) is 19.3. The highest BCUT2D eigenvalue weighted by atomic mass is 32.1. The summed E-state index contributed by atoms with van der Waals surface area (Å²) in [5.41, 5.74) is 0.897. The highest BCUT2D eigenvalue weighted by Gasteiger charge is 2.14. The molecule has 0 heterocycles. The number of nitro benzene ring substituents is 1. The molecule has 0 aromatic heterocycles. The number of nitrogens with zero attached hydrogens (tertiary/aromatic N) is 1. The van der Waals surface area contributed by atoms with Crippen LogP contribution in [-0.4, -0.2) is 22.5 Å². The Labute approximate surface area is 156 Å². The van der Waals surface area contributed by atoms with Crippen LogP contribution in [0.1, 0.15) is 30.1 Å². The zero-order valence-corrected chi connectivity index (χ0v) is 15.0. The molecule has 2 rings (SSSR count). The molecule has 0 unspecified atom stereocenters. The summed E-state index contributed by atoms with van der Waals surface area (Å²) in [4.78, 5) is 22.6. The summed E-state index contributed by atoms with van der Waals surface area (Å²) in [5, 5.41) is 16.1. The van der Waals surface area contributed by atoms with Gasteiger partial charge in [-0.3, -0.25) is 20.2 Å². The predicted molar refractivity (Wildman–Crippen MR) is 104 cm³/mol. The average Bonchev–Trinajstić information content (AvgIpc) is 2.62. The largest absolute Gasteiger partial charge is 0.493 e. The van der Waals surface area contributed by atoms with E-state index in [0.29, 0.717) is 23.6 Å². The number of benzene rings is 2. The molecular weight excluding hydrogens is 354 g/mol. The summed E-state index contributed by atoms with van der Waals surface area (Å²) >= 11 is 5.13. The van der Waals surface area contributed by atoms with Gasteiger partial charge in [0.1, 0.15) is 5.75 Å². The molecule has 0 aliphatic rings. The van der Waals surface area contributed by atoms with Crippen molar-refractivity contribution in [2.24, 2.45) is 0 Å². The molecule has 0 radical (unpaired) electrons. The van der Waals surface area contributed by atoms with E-state index >= 15 is 0 Å². The Morgan fingerprint density at radius 1 is 1.19 bits per heavy atom. The van der Waals surface area contributed by atoms with Crippen molar-refractivity contribution in [2.45, 2.75) is 19.8 Å². The summed E-state index contributed by atoms with van der Waals surface area (Å²) in [5.74, 6) is 0.105. The number of anilines is 1. The first-order valence-corrected chi connectivity index (χ1v) is 8.50. The molecule has 8 heteroatoms. The smallest absolute Gasteiger partial charge is 0.269 e. The van der Waals surface area contributed by atoms with Crippen LogP contribution >= 0.6 is 12.2 Å². The second-order valence-corrected chi connectivity index (χ2v) is 5.82. The fourth-order valence-corrected chi connectivity index (χ4v) is 2.32. The molecule has 7 nitrogen and oxygen atoms in total. The number of carbonyl (C=O) groups is 1. The quantitative estimate of drug-likeness (QED) is 0.331. The van der Waals surface area contributed by atoms with E-state index in [0.717, 1.165) is 12.8 Å². The fourth-order valence-electron chi connectivity index (χ4n) is 2.11. The highest BCUT2D eigenvalue weighted by molar-refractivity contribution is 7.80. The highest BCUT2D eigenvalue weighted by Crippen LogP contribution is 2.19. The van der Waals surface area contributed by atoms with E-state index < -0.39 is 10.8 Å². The minimum absolute atomic E-state index is 0.0244. The summed E-state index contributed by atoms with van der Waals surface area (Å²) in [6.07, 6.45) is 1.90. The molecule has 0 fully saturated rings. The summed E-state index contributed by atoms with van der Waals surface area (Å²) in [6, 6.07) is 12.7. The molecule has 0 atom stereocenters. The maximum atomic E-state index is 12.4. The van der Waals surface area contributed by atoms with Gasteiger partial charge in [-0.15, -0.1) is 0 Å². The molecule has 136 valence electrons. The minimum Gasteiger partial charge on any atom is -0.493 e. The van der Waals surface area contributed by atoms with Crippen LogP contribution < -0.4 is 15.4 Å². The lowest BCUT2D eigenvalue weighted by Gasteiger charge is -2.13. The van der Waals surface area contributed by atoms with Crippen molar-refractivity contribution in [2.75, 3.05) is 11.9 Å². The van der Waals surface area contributed by atoms with Gasteiger partial charge in [-0.25, -0.2) is 0 Å². The van der Waals surface area contributed by atoms with Gasteiger partial charge in [-0.05, 0) is 42.9 Å². The van der Waals surface area contributed by atoms with Gasteiger partial charge in [-0.1, -0.05) is 25.5 Å². The van der Waals surface area contributed by atoms with E-state index in [1.54, 1.807) is 24.3 Å². The topological polar surface area (TPSA) is 93.5 Å². The number of ether oxygens (including phenoxy) is 1. The van der Waals surface area contributed by atoms with Crippen molar-refractivity contribution in [3.05, 3.63) is 64.2 Å². The van der Waals surface area contributed by atoms with Crippen molar-refractivity contribution in [1.29, 1.82) is 0 Å². The summed E-state index contributed by atoms with van der Waals surface area (Å²) in [6.45, 7) is 2.59. The first-order valence-electron chi connectivity index (χ1n) is 8.10. The third-order valence-corrected chi connectivity index (χ3v) is 3.65. The van der Waals surface area contributed by atoms with Gasteiger partial charge >= 0.3 is 0 Å². The molecular formula is C18H19N3O4S. The number of hydrogen-bond acceptors (Lipinski definition) is 5. The Morgan fingerprint density at radius 3 is 2.54 bits per heavy atom. The van der Waals surface area contributed by atoms with Gasteiger partial charge in [0.25, 0.3) is 11.6 Å². The molecule has 2 N–H and O–H groups in total. The van der Waals surface area contributed by atoms with Crippen molar-refractivity contribution in [3.8, 4) is 5.75 Å². The molecule has 0 aliphatic carbocycles. The molecule has 0 bridgehead atoms. The van der Waals surface area contributed by atoms with Crippen LogP contribution in [0.2, 0.25) is 0 Å². The van der Waals surface area contributed by atoms with Crippen LogP contribution in [0.5, 0.6) is 5.75 Å². The van der Waals surface area contributed by atoms with E-state index in [1.807, 2.05) is 0 Å². The van der Waals surface area contributed by atoms with Crippen molar-refractivity contribution in [3.63, 3.8) is 0 Å². The van der Waals surface area contributed by atoms with Gasteiger partial charge in [0.2, 0.25) is 0 Å². The molecule has 2 aromatic carbocycles. The summed E-state index contributed by atoms with van der Waals surface area (Å²) in [7, 11) is 0. The average molecular weight is 373 g/mol. The van der Waals surface area contributed by atoms with Crippen LogP contribution in [0, 0.1) is 10.1 Å². The number of unbranched alkanes of at least 4 members (excludes halogenated alkanes) is 1. The van der Waals surface area contributed by atoms with Crippen molar-refractivity contribution < 1.29 is 14.5 Å². The van der Waals surface area contributed by atoms with E-state index in [1.165, 1.54) is 24.3 Å². The molecule has 1 amide bonds. The molecule has 0 saturated heterocycles. The van der Waals surface area contributed by atoms with E-state index in [-0.39, 0.29) is 10.8 Å². The number of thiocarbonyl (C=S) groups is 1.